The first-order chi connectivity index (χ1) is 15.2. The van der Waals surface area contributed by atoms with Crippen molar-refractivity contribution < 1.29 is 14.6 Å². The Kier molecular flexibility index (Phi) is 7.50. The molecule has 184 valence electrons. The minimum atomic E-state index is -0.315. The van der Waals surface area contributed by atoms with E-state index >= 15 is 0 Å². The van der Waals surface area contributed by atoms with Crippen LogP contribution in [0.1, 0.15) is 98.8 Å². The van der Waals surface area contributed by atoms with Gasteiger partial charge >= 0.3 is 0 Å². The SMILES string of the molecule is COCOC1CC[C@@]2(C)C(C1)C(O)C=C1[C@@H]3CC[C@H]([C@H](C)CCCC(C)C)[C@@]3(C)CC[C@@H]12. The molecule has 3 heteroatoms. The topological polar surface area (TPSA) is 38.7 Å². The molecule has 0 amide bonds. The van der Waals surface area contributed by atoms with Gasteiger partial charge in [0.2, 0.25) is 0 Å². The smallest absolute Gasteiger partial charge is 0.146 e. The number of rotatable bonds is 8. The highest BCUT2D eigenvalue weighted by atomic mass is 16.7. The van der Waals surface area contributed by atoms with Gasteiger partial charge in [-0.05, 0) is 91.3 Å². The third kappa shape index (κ3) is 4.36. The molecule has 4 aliphatic rings. The van der Waals surface area contributed by atoms with Gasteiger partial charge in [0.15, 0.2) is 0 Å². The fourth-order valence-electron chi connectivity index (χ4n) is 8.88. The Labute approximate surface area is 197 Å². The summed E-state index contributed by atoms with van der Waals surface area (Å²) in [6.07, 6.45) is 15.0. The number of aliphatic hydroxyl groups excluding tert-OH is 1. The highest BCUT2D eigenvalue weighted by Gasteiger charge is 2.59. The van der Waals surface area contributed by atoms with E-state index in [0.717, 1.165) is 30.6 Å². The second kappa shape index (κ2) is 9.70. The van der Waals surface area contributed by atoms with Crippen molar-refractivity contribution in [2.45, 2.75) is 111 Å². The molecule has 0 aromatic heterocycles. The average molecular weight is 447 g/mol. The Morgan fingerprint density at radius 3 is 2.44 bits per heavy atom. The minimum Gasteiger partial charge on any atom is -0.389 e. The molecule has 0 aromatic rings. The molecule has 0 aliphatic heterocycles. The van der Waals surface area contributed by atoms with Crippen molar-refractivity contribution in [1.29, 1.82) is 0 Å². The Bertz CT molecular complexity index is 671. The molecule has 0 heterocycles. The summed E-state index contributed by atoms with van der Waals surface area (Å²) in [6.45, 7) is 12.7. The molecule has 0 saturated heterocycles. The first-order valence-corrected chi connectivity index (χ1v) is 13.7. The van der Waals surface area contributed by atoms with Crippen LogP contribution in [0.5, 0.6) is 0 Å². The number of ether oxygens (including phenoxy) is 2. The summed E-state index contributed by atoms with van der Waals surface area (Å²) >= 11 is 0. The van der Waals surface area contributed by atoms with E-state index in [9.17, 15) is 5.11 Å². The third-order valence-electron chi connectivity index (χ3n) is 10.7. The van der Waals surface area contributed by atoms with Gasteiger partial charge in [-0.1, -0.05) is 65.5 Å². The first-order valence-electron chi connectivity index (χ1n) is 13.7. The van der Waals surface area contributed by atoms with E-state index in [-0.39, 0.29) is 17.6 Å². The van der Waals surface area contributed by atoms with Gasteiger partial charge in [-0.15, -0.1) is 0 Å². The minimum absolute atomic E-state index is 0.221. The van der Waals surface area contributed by atoms with Gasteiger partial charge in [0, 0.05) is 7.11 Å². The van der Waals surface area contributed by atoms with Crippen LogP contribution >= 0.6 is 0 Å². The van der Waals surface area contributed by atoms with Crippen molar-refractivity contribution in [1.82, 2.24) is 0 Å². The Morgan fingerprint density at radius 1 is 1.00 bits per heavy atom. The summed E-state index contributed by atoms with van der Waals surface area (Å²) in [5.74, 6) is 4.17. The van der Waals surface area contributed by atoms with Gasteiger partial charge in [0.25, 0.3) is 0 Å². The summed E-state index contributed by atoms with van der Waals surface area (Å²) in [5.41, 5.74) is 2.30. The largest absolute Gasteiger partial charge is 0.389 e. The lowest BCUT2D eigenvalue weighted by Gasteiger charge is -2.59. The summed E-state index contributed by atoms with van der Waals surface area (Å²) < 4.78 is 11.1. The number of hydrogen-bond donors (Lipinski definition) is 1. The summed E-state index contributed by atoms with van der Waals surface area (Å²) in [6, 6.07) is 0. The predicted octanol–water partition coefficient (Wildman–Crippen LogP) is 6.99. The summed E-state index contributed by atoms with van der Waals surface area (Å²) in [5, 5.41) is 11.3. The van der Waals surface area contributed by atoms with Crippen LogP contribution in [0.3, 0.4) is 0 Å². The molecule has 3 saturated carbocycles. The van der Waals surface area contributed by atoms with Crippen LogP contribution in [0, 0.1) is 46.3 Å². The van der Waals surface area contributed by atoms with Crippen LogP contribution in [-0.2, 0) is 9.47 Å². The standard InChI is InChI=1S/C29H50O3/c1-19(2)8-7-9-20(3)23-10-11-24-22-17-27(30)26-16-21(32-18-31-6)12-14-29(26,5)25(22)13-15-28(23,24)4/h17,19-21,23-27,30H,7-16,18H2,1-6H3/t20-,21?,23-,24+,25+,26?,27?,28-,29-/m1/s1. The Hall–Kier alpha value is -0.380. The molecule has 1 N–H and O–H groups in total. The normalized spacial score (nSPS) is 44.6. The molecule has 4 rings (SSSR count). The van der Waals surface area contributed by atoms with E-state index in [0.29, 0.717) is 30.0 Å². The fraction of sp³-hybridized carbons (Fsp3) is 0.931. The summed E-state index contributed by atoms with van der Waals surface area (Å²) in [4.78, 5) is 0. The van der Waals surface area contributed by atoms with E-state index in [1.165, 1.54) is 51.4 Å². The van der Waals surface area contributed by atoms with Crippen LogP contribution in [0.25, 0.3) is 0 Å². The van der Waals surface area contributed by atoms with Crippen LogP contribution in [0.2, 0.25) is 0 Å². The number of fused-ring (bicyclic) bond motifs is 5. The molecule has 3 unspecified atom stereocenters. The van der Waals surface area contributed by atoms with E-state index in [1.54, 1.807) is 12.7 Å². The molecule has 32 heavy (non-hydrogen) atoms. The maximum absolute atomic E-state index is 11.3. The lowest BCUT2D eigenvalue weighted by atomic mass is 9.47. The van der Waals surface area contributed by atoms with Crippen molar-refractivity contribution >= 4 is 0 Å². The summed E-state index contributed by atoms with van der Waals surface area (Å²) in [7, 11) is 1.69. The molecule has 0 bridgehead atoms. The first kappa shape index (κ1) is 24.7. The van der Waals surface area contributed by atoms with Gasteiger partial charge in [0.05, 0.1) is 12.2 Å². The number of hydrogen-bond acceptors (Lipinski definition) is 3. The van der Waals surface area contributed by atoms with Crippen LogP contribution < -0.4 is 0 Å². The molecule has 4 aliphatic carbocycles. The van der Waals surface area contributed by atoms with Gasteiger partial charge < -0.3 is 14.6 Å². The van der Waals surface area contributed by atoms with Crippen molar-refractivity contribution in [3.63, 3.8) is 0 Å². The number of methoxy groups -OCH3 is 1. The van der Waals surface area contributed by atoms with E-state index in [4.69, 9.17) is 9.47 Å². The highest BCUT2D eigenvalue weighted by Crippen LogP contribution is 2.67. The van der Waals surface area contributed by atoms with Crippen molar-refractivity contribution in [3.05, 3.63) is 11.6 Å². The zero-order valence-corrected chi connectivity index (χ0v) is 21.7. The van der Waals surface area contributed by atoms with Gasteiger partial charge in [-0.25, -0.2) is 0 Å². The molecular formula is C29H50O3. The van der Waals surface area contributed by atoms with Crippen LogP contribution in [-0.4, -0.2) is 31.2 Å². The quantitative estimate of drug-likeness (QED) is 0.323. The highest BCUT2D eigenvalue weighted by molar-refractivity contribution is 5.29. The Balaban J connectivity index is 1.50. The maximum Gasteiger partial charge on any atom is 0.146 e. The average Bonchev–Trinajstić information content (AvgIpc) is 3.10. The third-order valence-corrected chi connectivity index (χ3v) is 10.7. The van der Waals surface area contributed by atoms with Crippen molar-refractivity contribution in [2.75, 3.05) is 13.9 Å². The van der Waals surface area contributed by atoms with E-state index in [1.807, 2.05) is 0 Å². The maximum atomic E-state index is 11.3. The fourth-order valence-corrected chi connectivity index (χ4v) is 8.88. The van der Waals surface area contributed by atoms with Gasteiger partial charge in [-0.3, -0.25) is 0 Å². The second-order valence-corrected chi connectivity index (χ2v) is 12.9. The zero-order valence-electron chi connectivity index (χ0n) is 21.7. The molecule has 0 radical (unpaired) electrons. The molecule has 0 aromatic carbocycles. The zero-order chi connectivity index (χ0) is 23.1. The molecule has 9 atom stereocenters. The van der Waals surface area contributed by atoms with Gasteiger partial charge in [0.1, 0.15) is 6.79 Å². The van der Waals surface area contributed by atoms with E-state index < -0.39 is 0 Å². The Morgan fingerprint density at radius 2 is 1.72 bits per heavy atom. The molecule has 3 nitrogen and oxygen atoms in total. The predicted molar refractivity (Wildman–Crippen MR) is 131 cm³/mol. The van der Waals surface area contributed by atoms with Crippen LogP contribution in [0.15, 0.2) is 11.6 Å². The van der Waals surface area contributed by atoms with Crippen molar-refractivity contribution in [2.24, 2.45) is 46.3 Å². The number of allylic oxidation sites excluding steroid dienone is 1. The van der Waals surface area contributed by atoms with Crippen molar-refractivity contribution in [3.8, 4) is 0 Å². The second-order valence-electron chi connectivity index (χ2n) is 12.9. The van der Waals surface area contributed by atoms with E-state index in [2.05, 4.69) is 40.7 Å². The molecule has 0 spiro atoms. The van der Waals surface area contributed by atoms with Crippen LogP contribution in [0.4, 0.5) is 0 Å². The lowest BCUT2D eigenvalue weighted by molar-refractivity contribution is -0.133. The number of aliphatic hydroxyl groups is 1. The lowest BCUT2D eigenvalue weighted by Crippen LogP contribution is -2.54. The molecular weight excluding hydrogens is 396 g/mol. The van der Waals surface area contributed by atoms with Gasteiger partial charge in [-0.2, -0.15) is 0 Å². The monoisotopic (exact) mass is 446 g/mol. The molecule has 3 fully saturated rings.